The van der Waals surface area contributed by atoms with Gasteiger partial charge >= 0.3 is 0 Å². The predicted molar refractivity (Wildman–Crippen MR) is 122 cm³/mol. The van der Waals surface area contributed by atoms with E-state index in [-0.39, 0.29) is 5.75 Å². The molecule has 5 heteroatoms. The third kappa shape index (κ3) is 11.2. The Morgan fingerprint density at radius 3 is 1.93 bits per heavy atom. The van der Waals surface area contributed by atoms with Crippen LogP contribution in [0.1, 0.15) is 83.1 Å². The number of rotatable bonds is 16. The summed E-state index contributed by atoms with van der Waals surface area (Å²) < 4.78 is 31.6. The van der Waals surface area contributed by atoms with E-state index in [0.717, 1.165) is 6.42 Å². The lowest BCUT2D eigenvalue weighted by molar-refractivity contribution is 0.391. The summed E-state index contributed by atoms with van der Waals surface area (Å²) in [6.07, 6.45) is 14.9. The first-order valence-electron chi connectivity index (χ1n) is 11.1. The van der Waals surface area contributed by atoms with Crippen molar-refractivity contribution in [2.24, 2.45) is 0 Å². The van der Waals surface area contributed by atoms with E-state index >= 15 is 0 Å². The summed E-state index contributed by atoms with van der Waals surface area (Å²) in [6.45, 7) is 2.95. The van der Waals surface area contributed by atoms with Crippen LogP contribution in [0.3, 0.4) is 0 Å². The average molecular weight is 413 g/mol. The Morgan fingerprint density at radius 2 is 1.36 bits per heavy atom. The zero-order valence-electron chi connectivity index (χ0n) is 18.3. The standard InChI is InChI=1S/C23H41NO3S/c1-4-5-6-7-8-9-10-11-12-13-17-22-18-14-15-19-23(22)24(2,3)20-16-21-28(25,26)27/h14-15,18-19H,4-13,16-17,20-21H2,1-3H3/p+1. The molecule has 162 valence electrons. The Hall–Kier alpha value is -0.910. The first-order valence-corrected chi connectivity index (χ1v) is 12.7. The molecular formula is C23H42NO3S+. The molecule has 4 nitrogen and oxygen atoms in total. The van der Waals surface area contributed by atoms with Crippen LogP contribution < -0.4 is 4.48 Å². The third-order valence-corrected chi connectivity index (χ3v) is 6.37. The maximum absolute atomic E-state index is 11.0. The predicted octanol–water partition coefficient (Wildman–Crippen LogP) is 5.99. The summed E-state index contributed by atoms with van der Waals surface area (Å²) in [4.78, 5) is 0. The molecular weight excluding hydrogens is 370 g/mol. The summed E-state index contributed by atoms with van der Waals surface area (Å²) in [5.74, 6) is -0.171. The van der Waals surface area contributed by atoms with Gasteiger partial charge in [0, 0.05) is 12.0 Å². The number of hydrogen-bond donors (Lipinski definition) is 1. The maximum atomic E-state index is 11.0. The van der Waals surface area contributed by atoms with E-state index in [9.17, 15) is 8.42 Å². The molecule has 0 heterocycles. The van der Waals surface area contributed by atoms with Crippen LogP contribution >= 0.6 is 0 Å². The second-order valence-corrected chi connectivity index (χ2v) is 10.2. The van der Waals surface area contributed by atoms with Crippen molar-refractivity contribution in [3.63, 3.8) is 0 Å². The van der Waals surface area contributed by atoms with Crippen LogP contribution in [0.25, 0.3) is 0 Å². The van der Waals surface area contributed by atoms with Gasteiger partial charge in [0.15, 0.2) is 0 Å². The molecule has 0 aliphatic carbocycles. The van der Waals surface area contributed by atoms with Gasteiger partial charge in [-0.3, -0.25) is 9.04 Å². The van der Waals surface area contributed by atoms with Crippen molar-refractivity contribution in [2.75, 3.05) is 26.4 Å². The SMILES string of the molecule is CCCCCCCCCCCCc1ccccc1[N+](C)(C)CCCS(=O)(=O)O. The van der Waals surface area contributed by atoms with E-state index in [1.165, 1.54) is 75.5 Å². The normalized spacial score (nSPS) is 12.4. The number of para-hydroxylation sites is 1. The Balaban J connectivity index is 2.36. The highest BCUT2D eigenvalue weighted by atomic mass is 32.2. The molecule has 1 aromatic carbocycles. The van der Waals surface area contributed by atoms with Crippen molar-refractivity contribution in [3.8, 4) is 0 Å². The van der Waals surface area contributed by atoms with Crippen LogP contribution in [0.2, 0.25) is 0 Å². The van der Waals surface area contributed by atoms with Gasteiger partial charge < -0.3 is 0 Å². The molecule has 1 aromatic rings. The van der Waals surface area contributed by atoms with Crippen LogP contribution in [0.4, 0.5) is 5.69 Å². The van der Waals surface area contributed by atoms with Crippen molar-refractivity contribution in [1.82, 2.24) is 4.48 Å². The number of quaternary nitrogens is 1. The second-order valence-electron chi connectivity index (χ2n) is 8.61. The van der Waals surface area contributed by atoms with E-state index < -0.39 is 10.1 Å². The van der Waals surface area contributed by atoms with Gasteiger partial charge in [-0.2, -0.15) is 8.42 Å². The first kappa shape index (κ1) is 25.1. The van der Waals surface area contributed by atoms with Crippen LogP contribution in [-0.2, 0) is 16.5 Å². The molecule has 0 aliphatic rings. The van der Waals surface area contributed by atoms with Crippen molar-refractivity contribution < 1.29 is 13.0 Å². The van der Waals surface area contributed by atoms with Crippen molar-refractivity contribution in [3.05, 3.63) is 29.8 Å². The molecule has 0 aromatic heterocycles. The largest absolute Gasteiger partial charge is 0.296 e. The fourth-order valence-corrected chi connectivity index (χ4v) is 4.37. The molecule has 0 saturated carbocycles. The van der Waals surface area contributed by atoms with E-state index in [1.807, 2.05) is 0 Å². The summed E-state index contributed by atoms with van der Waals surface area (Å²) in [5, 5.41) is 0. The van der Waals surface area contributed by atoms with E-state index in [2.05, 4.69) is 45.3 Å². The molecule has 0 saturated heterocycles. The topological polar surface area (TPSA) is 54.4 Å². The van der Waals surface area contributed by atoms with E-state index in [4.69, 9.17) is 4.55 Å². The van der Waals surface area contributed by atoms with Gasteiger partial charge in [-0.25, -0.2) is 0 Å². The minimum atomic E-state index is -3.88. The highest BCUT2D eigenvalue weighted by Crippen LogP contribution is 2.26. The Bertz CT molecular complexity index is 641. The van der Waals surface area contributed by atoms with Crippen molar-refractivity contribution >= 4 is 15.8 Å². The van der Waals surface area contributed by atoms with Gasteiger partial charge in [-0.05, 0) is 18.9 Å². The molecule has 0 fully saturated rings. The smallest absolute Gasteiger partial charge is 0.265 e. The number of aryl methyl sites for hydroxylation is 1. The molecule has 28 heavy (non-hydrogen) atoms. The average Bonchev–Trinajstić information content (AvgIpc) is 2.62. The van der Waals surface area contributed by atoms with Gasteiger partial charge in [0.2, 0.25) is 0 Å². The quantitative estimate of drug-likeness (QED) is 0.206. The lowest BCUT2D eigenvalue weighted by Crippen LogP contribution is -2.42. The molecule has 0 bridgehead atoms. The maximum Gasteiger partial charge on any atom is 0.265 e. The highest BCUT2D eigenvalue weighted by molar-refractivity contribution is 7.85. The molecule has 1 rings (SSSR count). The number of hydrogen-bond acceptors (Lipinski definition) is 2. The number of nitrogens with zero attached hydrogens (tertiary/aromatic N) is 1. The molecule has 0 amide bonds. The van der Waals surface area contributed by atoms with Crippen molar-refractivity contribution in [2.45, 2.75) is 84.0 Å². The molecule has 1 N–H and O–H groups in total. The zero-order valence-corrected chi connectivity index (χ0v) is 19.1. The van der Waals surface area contributed by atoms with Gasteiger partial charge in [0.25, 0.3) is 10.1 Å². The third-order valence-electron chi connectivity index (χ3n) is 5.56. The van der Waals surface area contributed by atoms with Crippen molar-refractivity contribution in [1.29, 1.82) is 0 Å². The molecule has 0 aliphatic heterocycles. The second kappa shape index (κ2) is 13.3. The molecule has 0 spiro atoms. The summed E-state index contributed by atoms with van der Waals surface area (Å²) in [6, 6.07) is 8.50. The zero-order chi connectivity index (χ0) is 20.9. The summed E-state index contributed by atoms with van der Waals surface area (Å²) in [7, 11) is 0.344. The van der Waals surface area contributed by atoms with Gasteiger partial charge in [-0.15, -0.1) is 0 Å². The Morgan fingerprint density at radius 1 is 0.821 bits per heavy atom. The minimum absolute atomic E-state index is 0.171. The number of unbranched alkanes of at least 4 members (excludes halogenated alkanes) is 9. The van der Waals surface area contributed by atoms with Gasteiger partial charge in [0.1, 0.15) is 5.69 Å². The fourth-order valence-electron chi connectivity index (χ4n) is 3.88. The van der Waals surface area contributed by atoms with Gasteiger partial charge in [0.05, 0.1) is 26.4 Å². The van der Waals surface area contributed by atoms with E-state index in [0.29, 0.717) is 17.4 Å². The lowest BCUT2D eigenvalue weighted by Gasteiger charge is -2.31. The first-order chi connectivity index (χ1) is 13.3. The Kier molecular flexibility index (Phi) is 12.0. The summed E-state index contributed by atoms with van der Waals surface area (Å²) >= 11 is 0. The molecule has 0 atom stereocenters. The summed E-state index contributed by atoms with van der Waals surface area (Å²) in [5.41, 5.74) is 2.62. The lowest BCUT2D eigenvalue weighted by atomic mass is 10.0. The minimum Gasteiger partial charge on any atom is -0.296 e. The van der Waals surface area contributed by atoms with Crippen LogP contribution in [0.5, 0.6) is 0 Å². The molecule has 0 radical (unpaired) electrons. The van der Waals surface area contributed by atoms with Crippen LogP contribution in [0, 0.1) is 0 Å². The van der Waals surface area contributed by atoms with Crippen LogP contribution in [-0.4, -0.2) is 39.4 Å². The fraction of sp³-hybridized carbons (Fsp3) is 0.739. The van der Waals surface area contributed by atoms with Crippen LogP contribution in [0.15, 0.2) is 24.3 Å². The molecule has 0 unspecified atom stereocenters. The van der Waals surface area contributed by atoms with Gasteiger partial charge in [-0.1, -0.05) is 82.9 Å². The Labute approximate surface area is 173 Å². The number of benzene rings is 1. The highest BCUT2D eigenvalue weighted by Gasteiger charge is 2.22. The van der Waals surface area contributed by atoms with E-state index in [1.54, 1.807) is 0 Å². The monoisotopic (exact) mass is 412 g/mol.